The standard InChI is InChI=1S/C44H45N3O/c1-41(2,3)32-24-35(42(4,5)6)45-39-37(32)43(7,8)44(9,10)47-33-19-13-17-26(38(33)46-40(39)47)25-21-22-29-27-15-11-12-16-28(27)30-18-14-20-34(48)36(30)31(29)23-25/h11-24,48H,1-10H3. The van der Waals surface area contributed by atoms with Gasteiger partial charge in [0.1, 0.15) is 11.4 Å². The molecule has 0 bridgehead atoms. The van der Waals surface area contributed by atoms with Crippen molar-refractivity contribution in [3.05, 3.63) is 102 Å². The summed E-state index contributed by atoms with van der Waals surface area (Å²) >= 11 is 0. The molecule has 242 valence electrons. The number of rotatable bonds is 1. The number of hydrogen-bond acceptors (Lipinski definition) is 3. The van der Waals surface area contributed by atoms with Crippen molar-refractivity contribution >= 4 is 43.4 Å². The second-order valence-corrected chi connectivity index (χ2v) is 16.9. The van der Waals surface area contributed by atoms with Crippen molar-refractivity contribution < 1.29 is 5.11 Å². The Morgan fingerprint density at radius 1 is 0.646 bits per heavy atom. The lowest BCUT2D eigenvalue weighted by Gasteiger charge is -2.50. The molecule has 1 aliphatic heterocycles. The van der Waals surface area contributed by atoms with E-state index in [4.69, 9.17) is 9.97 Å². The molecule has 0 saturated heterocycles. The Labute approximate surface area is 283 Å². The molecule has 7 aromatic rings. The molecule has 3 heterocycles. The lowest BCUT2D eigenvalue weighted by atomic mass is 9.62. The van der Waals surface area contributed by atoms with Crippen LogP contribution in [0, 0.1) is 0 Å². The highest BCUT2D eigenvalue weighted by Crippen LogP contribution is 2.54. The molecule has 0 spiro atoms. The van der Waals surface area contributed by atoms with Crippen molar-refractivity contribution in [2.45, 2.75) is 91.0 Å². The number of phenols is 1. The van der Waals surface area contributed by atoms with E-state index in [2.05, 4.69) is 147 Å². The molecular formula is C44H45N3O. The van der Waals surface area contributed by atoms with Crippen LogP contribution in [0.15, 0.2) is 84.9 Å². The van der Waals surface area contributed by atoms with E-state index < -0.39 is 0 Å². The number of imidazole rings is 1. The molecule has 8 rings (SSSR count). The highest BCUT2D eigenvalue weighted by Gasteiger charge is 2.50. The van der Waals surface area contributed by atoms with E-state index >= 15 is 0 Å². The zero-order valence-electron chi connectivity index (χ0n) is 29.9. The van der Waals surface area contributed by atoms with Crippen molar-refractivity contribution in [3.63, 3.8) is 0 Å². The molecule has 0 radical (unpaired) electrons. The van der Waals surface area contributed by atoms with E-state index in [1.165, 1.54) is 16.5 Å². The first-order valence-electron chi connectivity index (χ1n) is 17.2. The minimum absolute atomic E-state index is 0.0662. The summed E-state index contributed by atoms with van der Waals surface area (Å²) in [4.78, 5) is 11.0. The topological polar surface area (TPSA) is 50.9 Å². The number of fused-ring (bicyclic) bond motifs is 11. The van der Waals surface area contributed by atoms with Gasteiger partial charge in [0.15, 0.2) is 5.82 Å². The van der Waals surface area contributed by atoms with Crippen LogP contribution in [0.4, 0.5) is 0 Å². The minimum Gasteiger partial charge on any atom is -0.507 e. The molecule has 0 fully saturated rings. The molecule has 0 aliphatic carbocycles. The summed E-state index contributed by atoms with van der Waals surface area (Å²) in [6, 6.07) is 29.9. The molecule has 0 atom stereocenters. The Balaban J connectivity index is 1.46. The monoisotopic (exact) mass is 631 g/mol. The van der Waals surface area contributed by atoms with Crippen LogP contribution in [0.3, 0.4) is 0 Å². The first-order chi connectivity index (χ1) is 22.5. The molecule has 4 heteroatoms. The average molecular weight is 632 g/mol. The highest BCUT2D eigenvalue weighted by molar-refractivity contribution is 6.27. The molecule has 4 nitrogen and oxygen atoms in total. The predicted molar refractivity (Wildman–Crippen MR) is 202 cm³/mol. The van der Waals surface area contributed by atoms with Crippen LogP contribution in [-0.2, 0) is 21.8 Å². The number of nitrogens with zero attached hydrogens (tertiary/aromatic N) is 3. The van der Waals surface area contributed by atoms with E-state index in [9.17, 15) is 5.11 Å². The first-order valence-corrected chi connectivity index (χ1v) is 17.2. The zero-order valence-corrected chi connectivity index (χ0v) is 29.9. The van der Waals surface area contributed by atoms with Crippen LogP contribution < -0.4 is 0 Å². The van der Waals surface area contributed by atoms with Crippen molar-refractivity contribution in [1.82, 2.24) is 14.5 Å². The third-order valence-electron chi connectivity index (χ3n) is 11.4. The van der Waals surface area contributed by atoms with Crippen LogP contribution >= 0.6 is 0 Å². The van der Waals surface area contributed by atoms with Gasteiger partial charge in [0.25, 0.3) is 0 Å². The second-order valence-electron chi connectivity index (χ2n) is 16.9. The maximum absolute atomic E-state index is 11.2. The lowest BCUT2D eigenvalue weighted by Crippen LogP contribution is -2.50. The first kappa shape index (κ1) is 30.6. The third-order valence-corrected chi connectivity index (χ3v) is 11.4. The number of pyridine rings is 1. The summed E-state index contributed by atoms with van der Waals surface area (Å²) in [5.74, 6) is 1.23. The van der Waals surface area contributed by atoms with Gasteiger partial charge in [-0.3, -0.25) is 0 Å². The SMILES string of the molecule is CC(C)(C)c1cc(C(C)(C)C)c2c(n1)-c1nc3c(-c4ccc5c6ccccc6c6cccc(O)c6c5c4)cccc3n1C(C)(C)C2(C)C. The number of phenolic OH excluding ortho intramolecular Hbond substituents is 1. The molecule has 2 aromatic heterocycles. The number of aromatic nitrogens is 3. The van der Waals surface area contributed by atoms with Gasteiger partial charge in [0.2, 0.25) is 0 Å². The maximum atomic E-state index is 11.2. The fraction of sp³-hybridized carbons (Fsp3) is 0.318. The summed E-state index contributed by atoms with van der Waals surface area (Å²) in [6.07, 6.45) is 0. The number of para-hydroxylation sites is 1. The summed E-state index contributed by atoms with van der Waals surface area (Å²) in [5, 5.41) is 17.6. The van der Waals surface area contributed by atoms with E-state index in [0.29, 0.717) is 5.75 Å². The predicted octanol–water partition coefficient (Wildman–Crippen LogP) is 11.6. The molecule has 1 aliphatic rings. The Hall–Kier alpha value is -4.70. The van der Waals surface area contributed by atoms with Gasteiger partial charge in [0.05, 0.1) is 16.6 Å². The smallest absolute Gasteiger partial charge is 0.160 e. The number of aromatic hydroxyl groups is 1. The normalized spacial score (nSPS) is 15.7. The van der Waals surface area contributed by atoms with Crippen molar-refractivity contribution in [3.8, 4) is 28.4 Å². The summed E-state index contributed by atoms with van der Waals surface area (Å²) in [7, 11) is 0. The molecule has 48 heavy (non-hydrogen) atoms. The van der Waals surface area contributed by atoms with Gasteiger partial charge in [-0.15, -0.1) is 0 Å². The van der Waals surface area contributed by atoms with Gasteiger partial charge < -0.3 is 9.67 Å². The quantitative estimate of drug-likeness (QED) is 0.183. The Morgan fingerprint density at radius 2 is 1.29 bits per heavy atom. The van der Waals surface area contributed by atoms with E-state index in [0.717, 1.165) is 66.3 Å². The second kappa shape index (κ2) is 9.69. The van der Waals surface area contributed by atoms with Crippen LogP contribution in [-0.4, -0.2) is 19.6 Å². The Morgan fingerprint density at radius 3 is 1.98 bits per heavy atom. The fourth-order valence-corrected chi connectivity index (χ4v) is 8.11. The molecular weight excluding hydrogens is 587 g/mol. The summed E-state index contributed by atoms with van der Waals surface area (Å²) in [5.41, 5.74) is 8.27. The highest BCUT2D eigenvalue weighted by atomic mass is 16.3. The van der Waals surface area contributed by atoms with Gasteiger partial charge in [-0.1, -0.05) is 116 Å². The third kappa shape index (κ3) is 4.07. The molecule has 0 saturated carbocycles. The van der Waals surface area contributed by atoms with E-state index in [-0.39, 0.29) is 21.8 Å². The van der Waals surface area contributed by atoms with Crippen molar-refractivity contribution in [2.75, 3.05) is 0 Å². The summed E-state index contributed by atoms with van der Waals surface area (Å²) in [6.45, 7) is 23.2. The van der Waals surface area contributed by atoms with Crippen LogP contribution in [0.5, 0.6) is 5.75 Å². The van der Waals surface area contributed by atoms with Gasteiger partial charge in [-0.25, -0.2) is 9.97 Å². The van der Waals surface area contributed by atoms with Crippen LogP contribution in [0.1, 0.15) is 86.1 Å². The molecule has 0 unspecified atom stereocenters. The number of hydrogen-bond donors (Lipinski definition) is 1. The zero-order chi connectivity index (χ0) is 34.1. The molecule has 5 aromatic carbocycles. The van der Waals surface area contributed by atoms with Gasteiger partial charge in [0, 0.05) is 27.5 Å². The largest absolute Gasteiger partial charge is 0.507 e. The van der Waals surface area contributed by atoms with Gasteiger partial charge >= 0.3 is 0 Å². The average Bonchev–Trinajstić information content (AvgIpc) is 3.43. The minimum atomic E-state index is -0.294. The van der Waals surface area contributed by atoms with Gasteiger partial charge in [-0.05, 0) is 87.1 Å². The fourth-order valence-electron chi connectivity index (χ4n) is 8.11. The van der Waals surface area contributed by atoms with Crippen LogP contribution in [0.2, 0.25) is 0 Å². The van der Waals surface area contributed by atoms with Crippen molar-refractivity contribution in [1.29, 1.82) is 0 Å². The Bertz CT molecular complexity index is 2480. The van der Waals surface area contributed by atoms with Crippen molar-refractivity contribution in [2.24, 2.45) is 0 Å². The maximum Gasteiger partial charge on any atom is 0.160 e. The summed E-state index contributed by atoms with van der Waals surface area (Å²) < 4.78 is 2.45. The molecule has 1 N–H and O–H groups in total. The van der Waals surface area contributed by atoms with E-state index in [1.54, 1.807) is 6.07 Å². The van der Waals surface area contributed by atoms with Gasteiger partial charge in [-0.2, -0.15) is 0 Å². The van der Waals surface area contributed by atoms with Crippen LogP contribution in [0.25, 0.3) is 66.0 Å². The number of benzene rings is 5. The molecule has 0 amide bonds. The lowest BCUT2D eigenvalue weighted by molar-refractivity contribution is 0.198. The Kier molecular flexibility index (Phi) is 6.18. The van der Waals surface area contributed by atoms with E-state index in [1.807, 2.05) is 6.07 Å².